The van der Waals surface area contributed by atoms with Crippen molar-refractivity contribution in [1.29, 1.82) is 0 Å². The molecule has 2 heterocycles. The van der Waals surface area contributed by atoms with Crippen LogP contribution in [0.1, 0.15) is 17.7 Å². The van der Waals surface area contributed by atoms with E-state index in [1.165, 1.54) is 0 Å². The van der Waals surface area contributed by atoms with Crippen LogP contribution in [0, 0.1) is 30.2 Å². The maximum absolute atomic E-state index is 13.9. The molecule has 1 N–H and O–H groups in total. The molecule has 1 aromatic heterocycles. The predicted molar refractivity (Wildman–Crippen MR) is 107 cm³/mol. The quantitative estimate of drug-likeness (QED) is 0.333. The molecule has 1 fully saturated rings. The van der Waals surface area contributed by atoms with Gasteiger partial charge in [-0.25, -0.2) is 17.6 Å². The molecule has 29 heavy (non-hydrogen) atoms. The number of aryl methyl sites for hydroxylation is 2. The van der Waals surface area contributed by atoms with Gasteiger partial charge in [-0.1, -0.05) is 11.6 Å². The van der Waals surface area contributed by atoms with Gasteiger partial charge >= 0.3 is 0 Å². The molecule has 5 nitrogen and oxygen atoms in total. The predicted octanol–water partition coefficient (Wildman–Crippen LogP) is 3.84. The SMILES string of the molecule is Cc1nn(C)c(Cl)c1CN1CCCN(C(=S)Nc2c(F)cc(F)c(F)c2F)CC1. The summed E-state index contributed by atoms with van der Waals surface area (Å²) in [6, 6.07) is 0.285. The van der Waals surface area contributed by atoms with Crippen molar-refractivity contribution in [1.82, 2.24) is 19.6 Å². The number of anilines is 1. The zero-order valence-electron chi connectivity index (χ0n) is 15.9. The highest BCUT2D eigenvalue weighted by Crippen LogP contribution is 2.25. The van der Waals surface area contributed by atoms with Gasteiger partial charge in [0, 0.05) is 51.4 Å². The van der Waals surface area contributed by atoms with Crippen molar-refractivity contribution in [3.63, 3.8) is 0 Å². The summed E-state index contributed by atoms with van der Waals surface area (Å²) in [5.74, 6) is -6.22. The van der Waals surface area contributed by atoms with E-state index in [1.807, 2.05) is 6.92 Å². The highest BCUT2D eigenvalue weighted by Gasteiger charge is 2.23. The summed E-state index contributed by atoms with van der Waals surface area (Å²) in [6.45, 7) is 4.98. The normalized spacial score (nSPS) is 15.5. The van der Waals surface area contributed by atoms with Crippen LogP contribution in [-0.4, -0.2) is 50.9 Å². The fourth-order valence-corrected chi connectivity index (χ4v) is 3.79. The Balaban J connectivity index is 1.65. The number of thiocarbonyl (C=S) groups is 1. The Morgan fingerprint density at radius 1 is 1.14 bits per heavy atom. The van der Waals surface area contributed by atoms with Crippen molar-refractivity contribution in [2.45, 2.75) is 19.9 Å². The maximum Gasteiger partial charge on any atom is 0.196 e. The van der Waals surface area contributed by atoms with Crippen LogP contribution in [0.15, 0.2) is 6.07 Å². The van der Waals surface area contributed by atoms with E-state index in [4.69, 9.17) is 23.8 Å². The molecule has 0 spiro atoms. The Labute approximate surface area is 176 Å². The largest absolute Gasteiger partial charge is 0.348 e. The lowest BCUT2D eigenvalue weighted by molar-refractivity contribution is 0.277. The van der Waals surface area contributed by atoms with E-state index in [0.717, 1.165) is 24.2 Å². The second-order valence-electron chi connectivity index (χ2n) is 6.87. The molecular formula is C18H20ClF4N5S. The minimum absolute atomic E-state index is 0.0475. The minimum atomic E-state index is -1.75. The second-order valence-corrected chi connectivity index (χ2v) is 7.61. The van der Waals surface area contributed by atoms with E-state index in [1.54, 1.807) is 16.6 Å². The topological polar surface area (TPSA) is 36.3 Å². The van der Waals surface area contributed by atoms with E-state index >= 15 is 0 Å². The summed E-state index contributed by atoms with van der Waals surface area (Å²) in [6.07, 6.45) is 0.751. The first-order valence-electron chi connectivity index (χ1n) is 8.98. The molecular weight excluding hydrogens is 430 g/mol. The highest BCUT2D eigenvalue weighted by molar-refractivity contribution is 7.80. The Morgan fingerprint density at radius 3 is 2.52 bits per heavy atom. The first-order chi connectivity index (χ1) is 13.7. The minimum Gasteiger partial charge on any atom is -0.348 e. The van der Waals surface area contributed by atoms with Crippen molar-refractivity contribution in [3.05, 3.63) is 45.7 Å². The van der Waals surface area contributed by atoms with Crippen LogP contribution >= 0.6 is 23.8 Å². The molecule has 1 aromatic carbocycles. The van der Waals surface area contributed by atoms with Crippen molar-refractivity contribution in [2.75, 3.05) is 31.5 Å². The van der Waals surface area contributed by atoms with Gasteiger partial charge in [0.2, 0.25) is 0 Å². The van der Waals surface area contributed by atoms with Gasteiger partial charge in [-0.2, -0.15) is 5.10 Å². The lowest BCUT2D eigenvalue weighted by atomic mass is 10.2. The first-order valence-corrected chi connectivity index (χ1v) is 9.77. The number of hydrogen-bond acceptors (Lipinski definition) is 3. The van der Waals surface area contributed by atoms with E-state index < -0.39 is 29.0 Å². The number of benzene rings is 1. The Morgan fingerprint density at radius 2 is 1.86 bits per heavy atom. The molecule has 158 valence electrons. The van der Waals surface area contributed by atoms with Crippen LogP contribution < -0.4 is 5.32 Å². The van der Waals surface area contributed by atoms with Crippen LogP contribution in [0.3, 0.4) is 0 Å². The molecule has 0 saturated carbocycles. The average Bonchev–Trinajstić information content (AvgIpc) is 2.84. The van der Waals surface area contributed by atoms with Crippen LogP contribution in [0.2, 0.25) is 5.15 Å². The van der Waals surface area contributed by atoms with Gasteiger partial charge in [0.25, 0.3) is 0 Å². The second kappa shape index (κ2) is 8.85. The van der Waals surface area contributed by atoms with Crippen LogP contribution in [-0.2, 0) is 13.6 Å². The monoisotopic (exact) mass is 449 g/mol. The zero-order chi connectivity index (χ0) is 21.3. The standard InChI is InChI=1S/C18H20ClF4N5S/c1-10-11(17(19)26(2)25-10)9-27-4-3-5-28(7-6-27)18(29)24-16-13(21)8-12(20)14(22)15(16)23/h8H,3-7,9H2,1-2H3,(H,24,29). The average molecular weight is 450 g/mol. The number of rotatable bonds is 3. The molecule has 0 radical (unpaired) electrons. The third-order valence-electron chi connectivity index (χ3n) is 4.87. The van der Waals surface area contributed by atoms with Gasteiger partial charge in [-0.05, 0) is 25.6 Å². The van der Waals surface area contributed by atoms with Gasteiger partial charge < -0.3 is 10.2 Å². The van der Waals surface area contributed by atoms with Gasteiger partial charge in [-0.15, -0.1) is 0 Å². The lowest BCUT2D eigenvalue weighted by Gasteiger charge is -2.25. The number of aromatic nitrogens is 2. The van der Waals surface area contributed by atoms with Crippen LogP contribution in [0.4, 0.5) is 23.2 Å². The van der Waals surface area contributed by atoms with Crippen molar-refractivity contribution >= 4 is 34.6 Å². The van der Waals surface area contributed by atoms with Crippen molar-refractivity contribution < 1.29 is 17.6 Å². The summed E-state index contributed by atoms with van der Waals surface area (Å²) < 4.78 is 55.9. The zero-order valence-corrected chi connectivity index (χ0v) is 17.5. The van der Waals surface area contributed by atoms with Gasteiger partial charge in [0.05, 0.1) is 5.69 Å². The molecule has 1 saturated heterocycles. The molecule has 11 heteroatoms. The van der Waals surface area contributed by atoms with Crippen molar-refractivity contribution in [2.24, 2.45) is 7.05 Å². The highest BCUT2D eigenvalue weighted by atomic mass is 35.5. The molecule has 0 amide bonds. The molecule has 1 aliphatic rings. The maximum atomic E-state index is 13.9. The molecule has 0 atom stereocenters. The number of halogens is 5. The van der Waals surface area contributed by atoms with Crippen molar-refractivity contribution in [3.8, 4) is 0 Å². The van der Waals surface area contributed by atoms with Gasteiger partial charge in [0.1, 0.15) is 10.8 Å². The number of hydrogen-bond donors (Lipinski definition) is 1. The third-order valence-corrected chi connectivity index (χ3v) is 5.71. The molecule has 2 aromatic rings. The van der Waals surface area contributed by atoms with Crippen LogP contribution in [0.25, 0.3) is 0 Å². The summed E-state index contributed by atoms with van der Waals surface area (Å²) >= 11 is 11.5. The van der Waals surface area contributed by atoms with Gasteiger partial charge in [0.15, 0.2) is 28.4 Å². The summed E-state index contributed by atoms with van der Waals surface area (Å²) in [5.41, 5.74) is 1.02. The summed E-state index contributed by atoms with van der Waals surface area (Å²) in [7, 11) is 1.78. The first kappa shape index (κ1) is 21.8. The Hall–Kier alpha value is -1.91. The van der Waals surface area contributed by atoms with Crippen LogP contribution in [0.5, 0.6) is 0 Å². The number of nitrogens with zero attached hydrogens (tertiary/aromatic N) is 4. The number of nitrogens with one attached hydrogen (secondary N) is 1. The summed E-state index contributed by atoms with van der Waals surface area (Å²) in [5, 5.41) is 7.32. The molecule has 0 bridgehead atoms. The van der Waals surface area contributed by atoms with E-state index in [0.29, 0.717) is 31.3 Å². The van der Waals surface area contributed by atoms with E-state index in [-0.39, 0.29) is 11.2 Å². The molecule has 1 aliphatic heterocycles. The Kier molecular flexibility index (Phi) is 6.65. The Bertz CT molecular complexity index is 936. The fourth-order valence-electron chi connectivity index (χ4n) is 3.28. The smallest absolute Gasteiger partial charge is 0.196 e. The lowest BCUT2D eigenvalue weighted by Crippen LogP contribution is -2.38. The van der Waals surface area contributed by atoms with Gasteiger partial charge in [-0.3, -0.25) is 9.58 Å². The fraction of sp³-hybridized carbons (Fsp3) is 0.444. The molecule has 3 rings (SSSR count). The van der Waals surface area contributed by atoms with E-state index in [9.17, 15) is 17.6 Å². The third kappa shape index (κ3) is 4.65. The summed E-state index contributed by atoms with van der Waals surface area (Å²) in [4.78, 5) is 3.93. The molecule has 0 aliphatic carbocycles. The van der Waals surface area contributed by atoms with E-state index in [2.05, 4.69) is 15.3 Å². The molecule has 0 unspecified atom stereocenters.